The van der Waals surface area contributed by atoms with Crippen molar-refractivity contribution in [2.24, 2.45) is 17.6 Å². The predicted molar refractivity (Wildman–Crippen MR) is 110 cm³/mol. The summed E-state index contributed by atoms with van der Waals surface area (Å²) in [5.41, 5.74) is 2.18. The highest BCUT2D eigenvalue weighted by molar-refractivity contribution is 5.94. The highest BCUT2D eigenvalue weighted by Crippen LogP contribution is 2.50. The molecule has 3 N–H and O–H groups in total. The summed E-state index contributed by atoms with van der Waals surface area (Å²) >= 11 is 0. The molecule has 3 fully saturated rings. The largest absolute Gasteiger partial charge is 0.492 e. The van der Waals surface area contributed by atoms with Gasteiger partial charge < -0.3 is 15.4 Å². The molecule has 0 spiro atoms. The van der Waals surface area contributed by atoms with Crippen LogP contribution in [-0.2, 0) is 0 Å². The number of nitrogens with one attached hydrogen (secondary N) is 1. The molecule has 7 nitrogen and oxygen atoms in total. The highest BCUT2D eigenvalue weighted by atomic mass is 19.3. The summed E-state index contributed by atoms with van der Waals surface area (Å²) in [7, 11) is 1.19. The second-order valence-electron chi connectivity index (χ2n) is 9.15. The van der Waals surface area contributed by atoms with Crippen LogP contribution in [0.25, 0.3) is 10.9 Å². The highest BCUT2D eigenvalue weighted by Gasteiger charge is 2.52. The number of methoxy groups -OCH3 is 1. The average Bonchev–Trinajstić information content (AvgIpc) is 3.48. The van der Waals surface area contributed by atoms with Crippen molar-refractivity contribution >= 4 is 16.6 Å². The van der Waals surface area contributed by atoms with E-state index >= 15 is 4.39 Å². The monoisotopic (exact) mass is 474 g/mol. The molecular weight excluding hydrogens is 451 g/mol. The third kappa shape index (κ3) is 3.24. The minimum absolute atomic E-state index is 0.0836. The van der Waals surface area contributed by atoms with Gasteiger partial charge in [-0.15, -0.1) is 0 Å². The van der Waals surface area contributed by atoms with Crippen molar-refractivity contribution in [3.63, 3.8) is 0 Å². The molecule has 33 heavy (non-hydrogen) atoms. The summed E-state index contributed by atoms with van der Waals surface area (Å²) in [6.45, 7) is 0.0342. The number of nitrogens with two attached hydrogens (primary N) is 1. The van der Waals surface area contributed by atoms with E-state index in [1.165, 1.54) is 12.0 Å². The Hall–Kier alpha value is -2.63. The Morgan fingerprint density at radius 1 is 1.18 bits per heavy atom. The van der Waals surface area contributed by atoms with Crippen LogP contribution in [0, 0.1) is 17.7 Å². The van der Waals surface area contributed by atoms with Gasteiger partial charge in [-0.1, -0.05) is 0 Å². The number of alkyl halides is 4. The normalized spacial score (nSPS) is 26.8. The van der Waals surface area contributed by atoms with Crippen molar-refractivity contribution < 1.29 is 26.7 Å². The maximum atomic E-state index is 15.7. The van der Waals surface area contributed by atoms with Crippen molar-refractivity contribution in [2.75, 3.05) is 25.1 Å². The number of nitrogens with zero attached hydrogens (tertiary/aromatic N) is 2. The molecule has 1 aliphatic heterocycles. The first-order valence-corrected chi connectivity index (χ1v) is 10.8. The SMILES string of the molecule is COc1c(N2CC3CCC(F)(F)C(N)C3C2)c(F)c(C(F)F)c2c(=O)[nH]c(=O)n(C3CC3)c12. The summed E-state index contributed by atoms with van der Waals surface area (Å²) in [5.74, 6) is -5.62. The van der Waals surface area contributed by atoms with Crippen molar-refractivity contribution in [3.05, 3.63) is 32.2 Å². The second kappa shape index (κ2) is 7.44. The zero-order valence-corrected chi connectivity index (χ0v) is 17.7. The lowest BCUT2D eigenvalue weighted by Crippen LogP contribution is -2.52. The van der Waals surface area contributed by atoms with Gasteiger partial charge >= 0.3 is 5.69 Å². The lowest BCUT2D eigenvalue weighted by molar-refractivity contribution is -0.0794. The van der Waals surface area contributed by atoms with Crippen molar-refractivity contribution in [2.45, 2.75) is 50.1 Å². The molecule has 2 aromatic rings. The van der Waals surface area contributed by atoms with Crippen LogP contribution < -0.4 is 26.6 Å². The maximum absolute atomic E-state index is 15.7. The van der Waals surface area contributed by atoms with Gasteiger partial charge in [-0.25, -0.2) is 26.7 Å². The third-order valence-corrected chi connectivity index (χ3v) is 7.23. The average molecular weight is 474 g/mol. The van der Waals surface area contributed by atoms with Gasteiger partial charge in [0.2, 0.25) is 0 Å². The van der Waals surface area contributed by atoms with Crippen LogP contribution in [0.15, 0.2) is 9.59 Å². The first-order chi connectivity index (χ1) is 15.6. The van der Waals surface area contributed by atoms with Crippen LogP contribution in [0.1, 0.15) is 43.7 Å². The van der Waals surface area contributed by atoms with Gasteiger partial charge in [-0.2, -0.15) is 0 Å². The molecule has 2 aliphatic carbocycles. The van der Waals surface area contributed by atoms with Gasteiger partial charge in [0.15, 0.2) is 11.6 Å². The number of benzene rings is 1. The predicted octanol–water partition coefficient (Wildman–Crippen LogP) is 2.92. The molecule has 180 valence electrons. The zero-order valence-electron chi connectivity index (χ0n) is 17.7. The van der Waals surface area contributed by atoms with Crippen molar-refractivity contribution in [1.82, 2.24) is 9.55 Å². The molecule has 1 saturated heterocycles. The lowest BCUT2D eigenvalue weighted by atomic mass is 9.76. The maximum Gasteiger partial charge on any atom is 0.329 e. The fourth-order valence-electron chi connectivity index (χ4n) is 5.48. The van der Waals surface area contributed by atoms with Gasteiger partial charge in [0.1, 0.15) is 11.2 Å². The van der Waals surface area contributed by atoms with Crippen LogP contribution in [0.5, 0.6) is 5.75 Å². The number of hydrogen-bond acceptors (Lipinski definition) is 5. The summed E-state index contributed by atoms with van der Waals surface area (Å²) in [6, 6.07) is -1.79. The number of fused-ring (bicyclic) bond motifs is 2. The number of aromatic nitrogens is 2. The minimum Gasteiger partial charge on any atom is -0.492 e. The number of anilines is 1. The Bertz CT molecular complexity index is 1240. The van der Waals surface area contributed by atoms with Gasteiger partial charge in [-0.05, 0) is 25.2 Å². The van der Waals surface area contributed by atoms with Gasteiger partial charge in [0, 0.05) is 31.5 Å². The van der Waals surface area contributed by atoms with Crippen LogP contribution in [0.3, 0.4) is 0 Å². The molecular formula is C21H23F5N4O3. The summed E-state index contributed by atoms with van der Waals surface area (Å²) in [5, 5.41) is -0.644. The van der Waals surface area contributed by atoms with Gasteiger partial charge in [-0.3, -0.25) is 14.3 Å². The van der Waals surface area contributed by atoms with E-state index in [4.69, 9.17) is 10.5 Å². The van der Waals surface area contributed by atoms with E-state index in [0.29, 0.717) is 12.8 Å². The number of rotatable bonds is 4. The molecule has 5 rings (SSSR count). The first kappa shape index (κ1) is 22.2. The number of ether oxygens (including phenoxy) is 1. The van der Waals surface area contributed by atoms with Gasteiger partial charge in [0.25, 0.3) is 17.9 Å². The molecule has 0 bridgehead atoms. The Morgan fingerprint density at radius 3 is 2.48 bits per heavy atom. The van der Waals surface area contributed by atoms with Crippen LogP contribution in [0.4, 0.5) is 27.6 Å². The Balaban J connectivity index is 1.77. The number of H-pyrrole nitrogens is 1. The zero-order chi connectivity index (χ0) is 23.8. The quantitative estimate of drug-likeness (QED) is 0.665. The molecule has 1 aromatic carbocycles. The number of halogens is 5. The summed E-state index contributed by atoms with van der Waals surface area (Å²) < 4.78 is 78.8. The van der Waals surface area contributed by atoms with E-state index < -0.39 is 58.7 Å². The molecule has 12 heteroatoms. The van der Waals surface area contributed by atoms with Crippen LogP contribution >= 0.6 is 0 Å². The fourth-order valence-corrected chi connectivity index (χ4v) is 5.48. The summed E-state index contributed by atoms with van der Waals surface area (Å²) in [4.78, 5) is 28.5. The molecule has 3 unspecified atom stereocenters. The first-order valence-electron chi connectivity index (χ1n) is 10.8. The van der Waals surface area contributed by atoms with Gasteiger partial charge in [0.05, 0.1) is 24.1 Å². The molecule has 2 saturated carbocycles. The van der Waals surface area contributed by atoms with E-state index in [1.807, 2.05) is 4.98 Å². The Labute approximate surface area is 184 Å². The number of hydrogen-bond donors (Lipinski definition) is 2. The molecule has 3 aliphatic rings. The number of aromatic amines is 1. The molecule has 1 aromatic heterocycles. The van der Waals surface area contributed by atoms with E-state index in [0.717, 1.165) is 4.57 Å². The minimum atomic E-state index is -3.36. The third-order valence-electron chi connectivity index (χ3n) is 7.23. The molecule has 0 amide bonds. The van der Waals surface area contributed by atoms with Crippen LogP contribution in [-0.4, -0.2) is 41.7 Å². The molecule has 2 heterocycles. The van der Waals surface area contributed by atoms with Crippen molar-refractivity contribution in [1.29, 1.82) is 0 Å². The van der Waals surface area contributed by atoms with E-state index in [-0.39, 0.29) is 48.4 Å². The topological polar surface area (TPSA) is 93.3 Å². The van der Waals surface area contributed by atoms with E-state index in [9.17, 15) is 27.2 Å². The molecule has 0 radical (unpaired) electrons. The summed E-state index contributed by atoms with van der Waals surface area (Å²) in [6.07, 6.45) is -2.44. The van der Waals surface area contributed by atoms with E-state index in [2.05, 4.69) is 0 Å². The van der Waals surface area contributed by atoms with E-state index in [1.54, 1.807) is 0 Å². The molecule has 3 atom stereocenters. The lowest BCUT2D eigenvalue weighted by Gasteiger charge is -2.36. The van der Waals surface area contributed by atoms with Crippen LogP contribution in [0.2, 0.25) is 0 Å². The Kier molecular flexibility index (Phi) is 5.00. The fraction of sp³-hybridized carbons (Fsp3) is 0.619. The Morgan fingerprint density at radius 2 is 1.88 bits per heavy atom. The van der Waals surface area contributed by atoms with Crippen molar-refractivity contribution in [3.8, 4) is 5.75 Å². The second-order valence-corrected chi connectivity index (χ2v) is 9.15. The smallest absolute Gasteiger partial charge is 0.329 e. The standard InChI is InChI=1S/C21H23F5N4O3/c1-33-16-14-12(19(31)28-20(32)30(14)9-2-3-9)11(18(23)24)13(22)15(16)29-6-8-4-5-21(25,26)17(27)10(8)7-29/h8-10,17-18H,2-7,27H2,1H3,(H,28,31,32).